The van der Waals surface area contributed by atoms with Crippen molar-refractivity contribution in [1.29, 1.82) is 0 Å². The summed E-state index contributed by atoms with van der Waals surface area (Å²) in [6.45, 7) is 3.91. The van der Waals surface area contributed by atoms with Gasteiger partial charge in [-0.1, -0.05) is 37.6 Å². The number of hydrogen-bond acceptors (Lipinski definition) is 6. The fourth-order valence-electron chi connectivity index (χ4n) is 3.54. The first-order valence-electron chi connectivity index (χ1n) is 10.6. The van der Waals surface area contributed by atoms with Crippen molar-refractivity contribution in [3.8, 4) is 28.4 Å². The molecular weight excluding hydrogens is 440 g/mol. The molecule has 0 bridgehead atoms. The van der Waals surface area contributed by atoms with E-state index in [1.807, 2.05) is 31.2 Å². The number of benzene rings is 3. The first kappa shape index (κ1) is 24.2. The molecule has 0 amide bonds. The minimum atomic E-state index is -1.03. The molecule has 0 aromatic heterocycles. The van der Waals surface area contributed by atoms with Crippen molar-refractivity contribution in [3.05, 3.63) is 71.3 Å². The third-order valence-electron chi connectivity index (χ3n) is 5.14. The fourth-order valence-corrected chi connectivity index (χ4v) is 3.92. The van der Waals surface area contributed by atoms with Gasteiger partial charge in [0.2, 0.25) is 0 Å². The van der Waals surface area contributed by atoms with E-state index in [4.69, 9.17) is 9.47 Å². The molecule has 0 fully saturated rings. The Morgan fingerprint density at radius 2 is 1.70 bits per heavy atom. The highest BCUT2D eigenvalue weighted by Crippen LogP contribution is 2.33. The molecule has 3 aromatic rings. The zero-order chi connectivity index (χ0) is 24.0. The van der Waals surface area contributed by atoms with Crippen LogP contribution in [0, 0.1) is 0 Å². The van der Waals surface area contributed by atoms with Gasteiger partial charge in [-0.2, -0.15) is 0 Å². The molecule has 2 N–H and O–H groups in total. The molecule has 0 aliphatic rings. The van der Waals surface area contributed by atoms with Crippen molar-refractivity contribution < 1.29 is 29.3 Å². The summed E-state index contributed by atoms with van der Waals surface area (Å²) in [7, 11) is 0. The molecule has 33 heavy (non-hydrogen) atoms. The number of aromatic hydroxyl groups is 1. The lowest BCUT2D eigenvalue weighted by Gasteiger charge is -2.15. The number of phenols is 1. The Morgan fingerprint density at radius 3 is 2.39 bits per heavy atom. The van der Waals surface area contributed by atoms with Crippen molar-refractivity contribution in [2.75, 3.05) is 13.2 Å². The van der Waals surface area contributed by atoms with E-state index in [-0.39, 0.29) is 35.9 Å². The van der Waals surface area contributed by atoms with Crippen molar-refractivity contribution in [3.63, 3.8) is 0 Å². The maximum atomic E-state index is 11.7. The summed E-state index contributed by atoms with van der Waals surface area (Å²) in [6.07, 6.45) is 1.39. The first-order chi connectivity index (χ1) is 15.8. The molecule has 6 nitrogen and oxygen atoms in total. The van der Waals surface area contributed by atoms with Crippen LogP contribution in [0.2, 0.25) is 0 Å². The predicted octanol–water partition coefficient (Wildman–Crippen LogP) is 5.66. The lowest BCUT2D eigenvalue weighted by Crippen LogP contribution is -2.10. The van der Waals surface area contributed by atoms with Crippen LogP contribution >= 0.6 is 12.6 Å². The second kappa shape index (κ2) is 10.9. The topological polar surface area (TPSA) is 93.1 Å². The van der Waals surface area contributed by atoms with E-state index in [9.17, 15) is 19.8 Å². The van der Waals surface area contributed by atoms with E-state index in [0.29, 0.717) is 33.9 Å². The summed E-state index contributed by atoms with van der Waals surface area (Å²) in [5.41, 5.74) is 2.53. The lowest BCUT2D eigenvalue weighted by molar-refractivity contribution is 0.0693. The summed E-state index contributed by atoms with van der Waals surface area (Å²) >= 11 is 4.39. The Labute approximate surface area is 198 Å². The molecule has 0 saturated heterocycles. The number of carboxylic acid groups (broad SMARTS) is 1. The number of carbonyl (C=O) groups excluding carboxylic acids is 1. The van der Waals surface area contributed by atoms with Crippen LogP contribution in [-0.2, 0) is 6.42 Å². The van der Waals surface area contributed by atoms with Crippen LogP contribution in [0.4, 0.5) is 0 Å². The van der Waals surface area contributed by atoms with Gasteiger partial charge in [0.1, 0.15) is 30.5 Å². The van der Waals surface area contributed by atoms with Crippen molar-refractivity contribution in [1.82, 2.24) is 0 Å². The van der Waals surface area contributed by atoms with E-state index >= 15 is 0 Å². The van der Waals surface area contributed by atoms with Crippen LogP contribution in [0.15, 0.2) is 59.5 Å². The first-order valence-corrected chi connectivity index (χ1v) is 11.0. The zero-order valence-corrected chi connectivity index (χ0v) is 19.4. The van der Waals surface area contributed by atoms with Crippen LogP contribution in [0.1, 0.15) is 46.5 Å². The molecule has 0 heterocycles. The number of ether oxygens (including phenoxy) is 2. The average molecular weight is 467 g/mol. The summed E-state index contributed by atoms with van der Waals surface area (Å²) in [6, 6.07) is 15.6. The van der Waals surface area contributed by atoms with Gasteiger partial charge in [-0.15, -0.1) is 12.6 Å². The molecule has 0 saturated carbocycles. The number of phenolic OH excluding ortho intramolecular Hbond substituents is 1. The van der Waals surface area contributed by atoms with Gasteiger partial charge in [-0.3, -0.25) is 4.79 Å². The number of rotatable bonds is 10. The van der Waals surface area contributed by atoms with Crippen LogP contribution in [-0.4, -0.2) is 35.2 Å². The number of Topliss-reactive ketones (excluding diaryl/α,β-unsaturated/α-hetero) is 1. The van der Waals surface area contributed by atoms with Gasteiger partial charge in [0.05, 0.1) is 11.1 Å². The van der Waals surface area contributed by atoms with Crippen molar-refractivity contribution in [2.45, 2.75) is 31.6 Å². The number of carboxylic acids is 1. The number of hydrogen-bond donors (Lipinski definition) is 3. The van der Waals surface area contributed by atoms with Crippen molar-refractivity contribution in [2.24, 2.45) is 0 Å². The molecule has 0 atom stereocenters. The molecule has 3 rings (SSSR count). The van der Waals surface area contributed by atoms with Gasteiger partial charge < -0.3 is 19.7 Å². The average Bonchev–Trinajstić information content (AvgIpc) is 2.78. The van der Waals surface area contributed by atoms with E-state index in [2.05, 4.69) is 12.6 Å². The molecule has 0 unspecified atom stereocenters. The second-order valence-electron chi connectivity index (χ2n) is 7.48. The molecule has 3 aromatic carbocycles. The standard InChI is InChI=1S/C26H26O6S/c1-3-6-21-23(12-11-19(16(2)27)24(21)28)32-14-13-31-18-8-4-7-17(15-18)20-9-5-10-22(25(20)33)26(29)30/h4-5,7-12,15,28,33H,3,6,13-14H2,1-2H3,(H,29,30). The summed E-state index contributed by atoms with van der Waals surface area (Å²) in [5.74, 6) is -0.120. The van der Waals surface area contributed by atoms with Gasteiger partial charge in [0.15, 0.2) is 5.78 Å². The van der Waals surface area contributed by atoms with E-state index in [1.54, 1.807) is 24.3 Å². The Balaban J connectivity index is 1.68. The SMILES string of the molecule is CCCc1c(OCCOc2cccc(-c3cccc(C(=O)O)c3S)c2)ccc(C(C)=O)c1O. The summed E-state index contributed by atoms with van der Waals surface area (Å²) in [4.78, 5) is 23.5. The molecule has 0 aliphatic heterocycles. The number of carbonyl (C=O) groups is 2. The maximum Gasteiger partial charge on any atom is 0.336 e. The van der Waals surface area contributed by atoms with Crippen molar-refractivity contribution >= 4 is 24.4 Å². The predicted molar refractivity (Wildman–Crippen MR) is 129 cm³/mol. The van der Waals surface area contributed by atoms with E-state index < -0.39 is 5.97 Å². The highest BCUT2D eigenvalue weighted by Gasteiger charge is 2.16. The van der Waals surface area contributed by atoms with Crippen LogP contribution < -0.4 is 9.47 Å². The van der Waals surface area contributed by atoms with E-state index in [1.165, 1.54) is 13.0 Å². The third-order valence-corrected chi connectivity index (χ3v) is 5.62. The summed E-state index contributed by atoms with van der Waals surface area (Å²) in [5, 5.41) is 19.8. The summed E-state index contributed by atoms with van der Waals surface area (Å²) < 4.78 is 11.6. The van der Waals surface area contributed by atoms with Gasteiger partial charge in [0, 0.05) is 10.5 Å². The Morgan fingerprint density at radius 1 is 0.970 bits per heavy atom. The smallest absolute Gasteiger partial charge is 0.336 e. The lowest BCUT2D eigenvalue weighted by atomic mass is 10.0. The minimum absolute atomic E-state index is 0.0263. The molecule has 172 valence electrons. The minimum Gasteiger partial charge on any atom is -0.507 e. The molecular formula is C26H26O6S. The number of ketones is 1. The van der Waals surface area contributed by atoms with Gasteiger partial charge in [-0.05, 0) is 54.8 Å². The second-order valence-corrected chi connectivity index (χ2v) is 7.92. The maximum absolute atomic E-state index is 11.7. The van der Waals surface area contributed by atoms with E-state index in [0.717, 1.165) is 12.0 Å². The molecule has 0 aliphatic carbocycles. The highest BCUT2D eigenvalue weighted by molar-refractivity contribution is 7.80. The van der Waals surface area contributed by atoms with Crippen LogP contribution in [0.5, 0.6) is 17.2 Å². The van der Waals surface area contributed by atoms with Crippen LogP contribution in [0.25, 0.3) is 11.1 Å². The Kier molecular flexibility index (Phi) is 8.01. The van der Waals surface area contributed by atoms with Gasteiger partial charge in [0.25, 0.3) is 0 Å². The Hall–Kier alpha value is -3.45. The monoisotopic (exact) mass is 466 g/mol. The quantitative estimate of drug-likeness (QED) is 0.203. The zero-order valence-electron chi connectivity index (χ0n) is 18.5. The highest BCUT2D eigenvalue weighted by atomic mass is 32.1. The Bertz CT molecular complexity index is 1170. The normalized spacial score (nSPS) is 10.6. The fraction of sp³-hybridized carbons (Fsp3) is 0.231. The molecule has 0 radical (unpaired) electrons. The molecule has 7 heteroatoms. The number of aromatic carboxylic acids is 1. The van der Waals surface area contributed by atoms with Gasteiger partial charge >= 0.3 is 5.97 Å². The van der Waals surface area contributed by atoms with Gasteiger partial charge in [-0.25, -0.2) is 4.79 Å². The third kappa shape index (κ3) is 5.68. The largest absolute Gasteiger partial charge is 0.507 e. The van der Waals surface area contributed by atoms with Crippen LogP contribution in [0.3, 0.4) is 0 Å². The molecule has 0 spiro atoms. The number of thiol groups is 1.